The third kappa shape index (κ3) is 4.53. The number of nitrogens with zero attached hydrogens (tertiary/aromatic N) is 3. The van der Waals surface area contributed by atoms with Gasteiger partial charge in [0.25, 0.3) is 0 Å². The molecule has 0 aliphatic carbocycles. The molecule has 0 radical (unpaired) electrons. The molecule has 0 aliphatic rings. The fraction of sp³-hybridized carbons (Fsp3) is 0.500. The van der Waals surface area contributed by atoms with Crippen molar-refractivity contribution in [1.82, 2.24) is 10.2 Å². The van der Waals surface area contributed by atoms with Crippen molar-refractivity contribution in [3.8, 4) is 0 Å². The SMILES string of the molecule is COC(=O)c1ccc(N(CC(=O)O)CC(C)C)nn1. The van der Waals surface area contributed by atoms with Gasteiger partial charge in [-0.3, -0.25) is 4.79 Å². The molecule has 0 unspecified atom stereocenters. The Labute approximate surface area is 111 Å². The van der Waals surface area contributed by atoms with E-state index in [4.69, 9.17) is 5.11 Å². The monoisotopic (exact) mass is 267 g/mol. The molecule has 0 fully saturated rings. The Morgan fingerprint density at radius 1 is 1.37 bits per heavy atom. The van der Waals surface area contributed by atoms with Crippen LogP contribution in [0.1, 0.15) is 24.3 Å². The van der Waals surface area contributed by atoms with Crippen molar-refractivity contribution in [3.05, 3.63) is 17.8 Å². The van der Waals surface area contributed by atoms with E-state index in [1.54, 1.807) is 11.0 Å². The second-order valence-corrected chi connectivity index (χ2v) is 4.44. The Hall–Kier alpha value is -2.18. The Balaban J connectivity index is 2.90. The summed E-state index contributed by atoms with van der Waals surface area (Å²) in [5.41, 5.74) is 0.0890. The van der Waals surface area contributed by atoms with Gasteiger partial charge in [-0.1, -0.05) is 13.8 Å². The molecule has 1 aromatic heterocycles. The lowest BCUT2D eigenvalue weighted by Gasteiger charge is -2.23. The third-order valence-corrected chi connectivity index (χ3v) is 2.28. The van der Waals surface area contributed by atoms with Crippen molar-refractivity contribution >= 4 is 17.8 Å². The van der Waals surface area contributed by atoms with E-state index in [0.717, 1.165) is 0 Å². The normalized spacial score (nSPS) is 10.3. The van der Waals surface area contributed by atoms with E-state index < -0.39 is 11.9 Å². The van der Waals surface area contributed by atoms with Gasteiger partial charge in [0, 0.05) is 6.54 Å². The fourth-order valence-corrected chi connectivity index (χ4v) is 1.55. The Bertz CT molecular complexity index is 445. The van der Waals surface area contributed by atoms with Gasteiger partial charge in [0.05, 0.1) is 7.11 Å². The van der Waals surface area contributed by atoms with E-state index in [9.17, 15) is 9.59 Å². The third-order valence-electron chi connectivity index (χ3n) is 2.28. The summed E-state index contributed by atoms with van der Waals surface area (Å²) >= 11 is 0. The molecule has 1 aromatic rings. The van der Waals surface area contributed by atoms with Gasteiger partial charge in [0.2, 0.25) is 0 Å². The molecule has 7 nitrogen and oxygen atoms in total. The van der Waals surface area contributed by atoms with Gasteiger partial charge >= 0.3 is 11.9 Å². The van der Waals surface area contributed by atoms with Crippen LogP contribution >= 0.6 is 0 Å². The number of carboxylic acids is 1. The maximum atomic E-state index is 11.2. The first-order valence-electron chi connectivity index (χ1n) is 5.82. The van der Waals surface area contributed by atoms with Crippen molar-refractivity contribution in [2.45, 2.75) is 13.8 Å². The number of carbonyl (C=O) groups excluding carboxylic acids is 1. The lowest BCUT2D eigenvalue weighted by Crippen LogP contribution is -2.33. The molecule has 19 heavy (non-hydrogen) atoms. The van der Waals surface area contributed by atoms with Gasteiger partial charge in [-0.25, -0.2) is 4.79 Å². The van der Waals surface area contributed by atoms with E-state index in [0.29, 0.717) is 12.4 Å². The van der Waals surface area contributed by atoms with Crippen LogP contribution in [-0.2, 0) is 9.53 Å². The maximum absolute atomic E-state index is 11.2. The maximum Gasteiger partial charge on any atom is 0.358 e. The number of aromatic nitrogens is 2. The highest BCUT2D eigenvalue weighted by Gasteiger charge is 2.15. The molecular formula is C12H17N3O4. The zero-order valence-corrected chi connectivity index (χ0v) is 11.2. The van der Waals surface area contributed by atoms with Crippen molar-refractivity contribution in [3.63, 3.8) is 0 Å². The minimum Gasteiger partial charge on any atom is -0.480 e. The number of hydrogen-bond donors (Lipinski definition) is 1. The van der Waals surface area contributed by atoms with Gasteiger partial charge < -0.3 is 14.7 Å². The summed E-state index contributed by atoms with van der Waals surface area (Å²) in [7, 11) is 1.26. The van der Waals surface area contributed by atoms with Gasteiger partial charge in [0.1, 0.15) is 6.54 Å². The largest absolute Gasteiger partial charge is 0.480 e. The summed E-state index contributed by atoms with van der Waals surface area (Å²) < 4.78 is 4.52. The van der Waals surface area contributed by atoms with Crippen molar-refractivity contribution in [2.75, 3.05) is 25.1 Å². The zero-order valence-electron chi connectivity index (χ0n) is 11.2. The Kier molecular flexibility index (Phi) is 5.23. The zero-order chi connectivity index (χ0) is 14.4. The minimum atomic E-state index is -0.945. The lowest BCUT2D eigenvalue weighted by atomic mass is 10.2. The second-order valence-electron chi connectivity index (χ2n) is 4.44. The average Bonchev–Trinajstić information content (AvgIpc) is 2.36. The van der Waals surface area contributed by atoms with Crippen LogP contribution in [0.4, 0.5) is 5.82 Å². The first kappa shape index (κ1) is 14.9. The quantitative estimate of drug-likeness (QED) is 0.762. The molecule has 0 aromatic carbocycles. The van der Waals surface area contributed by atoms with E-state index in [2.05, 4.69) is 14.9 Å². The number of methoxy groups -OCH3 is 1. The number of aliphatic carboxylic acids is 1. The van der Waals surface area contributed by atoms with Crippen LogP contribution in [0.15, 0.2) is 12.1 Å². The molecule has 0 aliphatic heterocycles. The van der Waals surface area contributed by atoms with E-state index in [1.807, 2.05) is 13.8 Å². The molecule has 1 rings (SSSR count). The summed E-state index contributed by atoms with van der Waals surface area (Å²) in [5.74, 6) is -0.822. The molecule has 1 heterocycles. The smallest absolute Gasteiger partial charge is 0.358 e. The number of rotatable bonds is 6. The molecule has 104 valence electrons. The highest BCUT2D eigenvalue weighted by atomic mass is 16.5. The van der Waals surface area contributed by atoms with Crippen molar-refractivity contribution < 1.29 is 19.4 Å². The Morgan fingerprint density at radius 3 is 2.47 bits per heavy atom. The lowest BCUT2D eigenvalue weighted by molar-refractivity contribution is -0.135. The summed E-state index contributed by atoms with van der Waals surface area (Å²) in [4.78, 5) is 23.6. The highest BCUT2D eigenvalue weighted by Crippen LogP contribution is 2.12. The fourth-order valence-electron chi connectivity index (χ4n) is 1.55. The van der Waals surface area contributed by atoms with Crippen LogP contribution in [0.5, 0.6) is 0 Å². The predicted octanol–water partition coefficient (Wildman–Crippen LogP) is 0.810. The van der Waals surface area contributed by atoms with Gasteiger partial charge in [0.15, 0.2) is 11.5 Å². The number of ether oxygens (including phenoxy) is 1. The predicted molar refractivity (Wildman–Crippen MR) is 68.1 cm³/mol. The van der Waals surface area contributed by atoms with E-state index in [-0.39, 0.29) is 18.2 Å². The van der Waals surface area contributed by atoms with Crippen LogP contribution in [0.25, 0.3) is 0 Å². The number of esters is 1. The van der Waals surface area contributed by atoms with Crippen molar-refractivity contribution in [2.24, 2.45) is 5.92 Å². The van der Waals surface area contributed by atoms with Crippen LogP contribution in [0.3, 0.4) is 0 Å². The standard InChI is InChI=1S/C12H17N3O4/c1-8(2)6-15(7-11(16)17)10-5-4-9(13-14-10)12(18)19-3/h4-5,8H,6-7H2,1-3H3,(H,16,17). The van der Waals surface area contributed by atoms with Gasteiger partial charge in [-0.05, 0) is 18.1 Å². The van der Waals surface area contributed by atoms with E-state index in [1.165, 1.54) is 13.2 Å². The van der Waals surface area contributed by atoms with Gasteiger partial charge in [-0.15, -0.1) is 10.2 Å². The topological polar surface area (TPSA) is 92.6 Å². The van der Waals surface area contributed by atoms with Gasteiger partial charge in [-0.2, -0.15) is 0 Å². The summed E-state index contributed by atoms with van der Waals surface area (Å²) in [6.45, 7) is 4.33. The molecule has 0 spiro atoms. The molecule has 7 heteroatoms. The minimum absolute atomic E-state index is 0.0890. The molecular weight excluding hydrogens is 250 g/mol. The van der Waals surface area contributed by atoms with Crippen LogP contribution in [-0.4, -0.2) is 47.4 Å². The first-order chi connectivity index (χ1) is 8.93. The average molecular weight is 267 g/mol. The Morgan fingerprint density at radius 2 is 2.05 bits per heavy atom. The molecule has 1 N–H and O–H groups in total. The van der Waals surface area contributed by atoms with E-state index >= 15 is 0 Å². The molecule has 0 saturated heterocycles. The summed E-state index contributed by atoms with van der Waals surface area (Å²) in [6, 6.07) is 3.02. The molecule has 0 saturated carbocycles. The summed E-state index contributed by atoms with van der Waals surface area (Å²) in [6.07, 6.45) is 0. The number of carbonyl (C=O) groups is 2. The first-order valence-corrected chi connectivity index (χ1v) is 5.82. The van der Waals surface area contributed by atoms with Crippen LogP contribution < -0.4 is 4.90 Å². The van der Waals surface area contributed by atoms with Crippen LogP contribution in [0.2, 0.25) is 0 Å². The number of anilines is 1. The van der Waals surface area contributed by atoms with Crippen molar-refractivity contribution in [1.29, 1.82) is 0 Å². The molecule has 0 bridgehead atoms. The summed E-state index contributed by atoms with van der Waals surface area (Å²) in [5, 5.41) is 16.5. The highest BCUT2D eigenvalue weighted by molar-refractivity contribution is 5.87. The number of hydrogen-bond acceptors (Lipinski definition) is 6. The second kappa shape index (κ2) is 6.67. The molecule has 0 atom stereocenters. The molecule has 0 amide bonds. The van der Waals surface area contributed by atoms with Crippen LogP contribution in [0, 0.1) is 5.92 Å². The number of carboxylic acid groups (broad SMARTS) is 1.